The lowest BCUT2D eigenvalue weighted by atomic mass is 10.3. The molecule has 0 atom stereocenters. The molecule has 0 bridgehead atoms. The second-order valence-electron chi connectivity index (χ2n) is 2.79. The Kier molecular flexibility index (Phi) is 0.961. The molecule has 1 aliphatic heterocycles. The molecule has 0 unspecified atom stereocenters. The van der Waals surface area contributed by atoms with Crippen molar-refractivity contribution < 1.29 is 9.30 Å². The van der Waals surface area contributed by atoms with Gasteiger partial charge in [-0.3, -0.25) is 0 Å². The molecule has 3 nitrogen and oxygen atoms in total. The van der Waals surface area contributed by atoms with E-state index < -0.39 is 0 Å². The molecule has 58 valence electrons. The third kappa shape index (κ3) is 0.605. The van der Waals surface area contributed by atoms with E-state index in [1.54, 1.807) is 6.20 Å². The van der Waals surface area contributed by atoms with E-state index in [-0.39, 0.29) is 0 Å². The monoisotopic (exact) mass is 159 g/mol. The maximum Gasteiger partial charge on any atom is 0.293 e. The van der Waals surface area contributed by atoms with E-state index >= 15 is 0 Å². The Morgan fingerprint density at radius 1 is 1.42 bits per heavy atom. The molecule has 0 spiro atoms. The molecule has 0 radical (unpaired) electrons. The van der Waals surface area contributed by atoms with Gasteiger partial charge in [-0.25, -0.2) is 4.98 Å². The van der Waals surface area contributed by atoms with Gasteiger partial charge < -0.3 is 4.74 Å². The SMILES string of the molecule is c1cc2c3c(c1)ncc[n+]3CO2. The van der Waals surface area contributed by atoms with Crippen molar-refractivity contribution in [2.45, 2.75) is 6.73 Å². The van der Waals surface area contributed by atoms with Gasteiger partial charge in [0.2, 0.25) is 0 Å². The summed E-state index contributed by atoms with van der Waals surface area (Å²) in [4.78, 5) is 4.24. The molecule has 0 amide bonds. The zero-order chi connectivity index (χ0) is 7.97. The van der Waals surface area contributed by atoms with Crippen LogP contribution >= 0.6 is 0 Å². The molecule has 0 aliphatic carbocycles. The van der Waals surface area contributed by atoms with Crippen LogP contribution in [0.4, 0.5) is 0 Å². The Balaban J connectivity index is 2.58. The first kappa shape index (κ1) is 5.94. The summed E-state index contributed by atoms with van der Waals surface area (Å²) in [5, 5.41) is 0. The largest absolute Gasteiger partial charge is 0.429 e. The number of rotatable bonds is 0. The van der Waals surface area contributed by atoms with Crippen molar-refractivity contribution in [3.05, 3.63) is 30.6 Å². The molecule has 0 N–H and O–H groups in total. The maximum atomic E-state index is 5.44. The van der Waals surface area contributed by atoms with Gasteiger partial charge in [0.1, 0.15) is 5.52 Å². The van der Waals surface area contributed by atoms with Crippen LogP contribution in [-0.4, -0.2) is 4.98 Å². The number of para-hydroxylation sites is 1. The summed E-state index contributed by atoms with van der Waals surface area (Å²) in [6.07, 6.45) is 3.72. The first-order valence-electron chi connectivity index (χ1n) is 3.85. The van der Waals surface area contributed by atoms with Crippen molar-refractivity contribution in [1.29, 1.82) is 0 Å². The van der Waals surface area contributed by atoms with E-state index in [4.69, 9.17) is 4.74 Å². The summed E-state index contributed by atoms with van der Waals surface area (Å²) in [6, 6.07) is 5.91. The maximum absolute atomic E-state index is 5.44. The lowest BCUT2D eigenvalue weighted by molar-refractivity contribution is -0.689. The van der Waals surface area contributed by atoms with Crippen LogP contribution in [0.2, 0.25) is 0 Å². The van der Waals surface area contributed by atoms with E-state index in [0.717, 1.165) is 16.8 Å². The average Bonchev–Trinajstić information content (AvgIpc) is 2.52. The first-order chi connectivity index (χ1) is 5.95. The fraction of sp³-hybridized carbons (Fsp3) is 0.111. The molecule has 2 heterocycles. The van der Waals surface area contributed by atoms with Crippen LogP contribution in [0.5, 0.6) is 5.75 Å². The van der Waals surface area contributed by atoms with Gasteiger partial charge in [0.15, 0.2) is 11.9 Å². The second-order valence-corrected chi connectivity index (χ2v) is 2.79. The molecule has 0 saturated heterocycles. The van der Waals surface area contributed by atoms with E-state index in [0.29, 0.717) is 6.73 Å². The van der Waals surface area contributed by atoms with Gasteiger partial charge in [0.05, 0.1) is 6.20 Å². The highest BCUT2D eigenvalue weighted by Crippen LogP contribution is 2.23. The molecule has 12 heavy (non-hydrogen) atoms. The highest BCUT2D eigenvalue weighted by atomic mass is 16.5. The lowest BCUT2D eigenvalue weighted by Gasteiger charge is -1.89. The minimum Gasteiger partial charge on any atom is -0.429 e. The number of hydrogen-bond donors (Lipinski definition) is 0. The average molecular weight is 159 g/mol. The zero-order valence-electron chi connectivity index (χ0n) is 6.40. The van der Waals surface area contributed by atoms with Crippen molar-refractivity contribution in [1.82, 2.24) is 4.98 Å². The Bertz CT molecular complexity index is 414. The summed E-state index contributed by atoms with van der Waals surface area (Å²) in [5.74, 6) is 0.931. The molecule has 3 heteroatoms. The zero-order valence-corrected chi connectivity index (χ0v) is 6.40. The van der Waals surface area contributed by atoms with Crippen LogP contribution in [-0.2, 0) is 6.73 Å². The van der Waals surface area contributed by atoms with Gasteiger partial charge >= 0.3 is 0 Å². The summed E-state index contributed by atoms with van der Waals surface area (Å²) in [7, 11) is 0. The number of hydrogen-bond acceptors (Lipinski definition) is 2. The van der Waals surface area contributed by atoms with Gasteiger partial charge in [-0.05, 0) is 12.1 Å². The van der Waals surface area contributed by atoms with E-state index in [1.807, 2.05) is 24.4 Å². The molecular formula is C9H7N2O+. The normalized spacial score (nSPS) is 13.3. The minimum absolute atomic E-state index is 0.609. The van der Waals surface area contributed by atoms with E-state index in [9.17, 15) is 0 Å². The molecule has 1 aromatic heterocycles. The highest BCUT2D eigenvalue weighted by molar-refractivity contribution is 5.77. The van der Waals surface area contributed by atoms with Crippen LogP contribution in [0, 0.1) is 0 Å². The first-order valence-corrected chi connectivity index (χ1v) is 3.85. The van der Waals surface area contributed by atoms with Crippen LogP contribution in [0.1, 0.15) is 0 Å². The minimum atomic E-state index is 0.609. The van der Waals surface area contributed by atoms with E-state index in [2.05, 4.69) is 9.55 Å². The summed E-state index contributed by atoms with van der Waals surface area (Å²) in [5.41, 5.74) is 2.09. The predicted molar refractivity (Wildman–Crippen MR) is 42.6 cm³/mol. The Morgan fingerprint density at radius 3 is 3.42 bits per heavy atom. The molecule has 0 fully saturated rings. The Hall–Kier alpha value is -1.64. The van der Waals surface area contributed by atoms with Crippen molar-refractivity contribution in [2.24, 2.45) is 0 Å². The Labute approximate surface area is 69.2 Å². The quantitative estimate of drug-likeness (QED) is 0.533. The number of aromatic nitrogens is 2. The van der Waals surface area contributed by atoms with Crippen molar-refractivity contribution in [2.75, 3.05) is 0 Å². The molecule has 3 rings (SSSR count). The predicted octanol–water partition coefficient (Wildman–Crippen LogP) is 0.872. The third-order valence-corrected chi connectivity index (χ3v) is 2.08. The summed E-state index contributed by atoms with van der Waals surface area (Å²) < 4.78 is 7.49. The molecular weight excluding hydrogens is 152 g/mol. The van der Waals surface area contributed by atoms with Gasteiger partial charge in [-0.1, -0.05) is 6.07 Å². The van der Waals surface area contributed by atoms with Crippen LogP contribution in [0.3, 0.4) is 0 Å². The number of benzene rings is 1. The van der Waals surface area contributed by atoms with Gasteiger partial charge in [-0.2, -0.15) is 4.57 Å². The number of nitrogens with zero attached hydrogens (tertiary/aromatic N) is 2. The third-order valence-electron chi connectivity index (χ3n) is 2.08. The van der Waals surface area contributed by atoms with Crippen molar-refractivity contribution in [3.8, 4) is 5.75 Å². The topological polar surface area (TPSA) is 26.0 Å². The fourth-order valence-corrected chi connectivity index (χ4v) is 1.54. The molecule has 1 aromatic carbocycles. The van der Waals surface area contributed by atoms with Crippen LogP contribution in [0.15, 0.2) is 30.6 Å². The fourth-order valence-electron chi connectivity index (χ4n) is 1.54. The standard InChI is InChI=1S/C9H7N2O/c1-2-7-9-8(3-1)12-6-11(9)5-4-10-7/h1-5H,6H2/q+1. The summed E-state index contributed by atoms with van der Waals surface area (Å²) in [6.45, 7) is 0.609. The van der Waals surface area contributed by atoms with Crippen LogP contribution in [0.25, 0.3) is 11.0 Å². The smallest absolute Gasteiger partial charge is 0.293 e. The Morgan fingerprint density at radius 2 is 2.42 bits per heavy atom. The van der Waals surface area contributed by atoms with Crippen molar-refractivity contribution >= 4 is 11.0 Å². The highest BCUT2D eigenvalue weighted by Gasteiger charge is 2.21. The molecule has 2 aromatic rings. The molecule has 1 aliphatic rings. The van der Waals surface area contributed by atoms with Crippen LogP contribution < -0.4 is 9.30 Å². The lowest BCUT2D eigenvalue weighted by Crippen LogP contribution is -2.31. The van der Waals surface area contributed by atoms with Gasteiger partial charge in [0.25, 0.3) is 12.2 Å². The van der Waals surface area contributed by atoms with E-state index in [1.165, 1.54) is 0 Å². The van der Waals surface area contributed by atoms with Crippen molar-refractivity contribution in [3.63, 3.8) is 0 Å². The molecule has 0 saturated carbocycles. The van der Waals surface area contributed by atoms with Gasteiger partial charge in [-0.15, -0.1) is 0 Å². The van der Waals surface area contributed by atoms with Gasteiger partial charge in [0, 0.05) is 0 Å². The second kappa shape index (κ2) is 1.94. The number of ether oxygens (including phenoxy) is 1. The summed E-state index contributed by atoms with van der Waals surface area (Å²) >= 11 is 0.